The van der Waals surface area contributed by atoms with Crippen LogP contribution in [0, 0.1) is 0 Å². The molecule has 0 aliphatic rings. The molecule has 0 aliphatic heterocycles. The SMILES string of the molecule is NCC(c1cccs1)c1cccc(Cl)c1Cl. The molecule has 2 rings (SSSR count). The van der Waals surface area contributed by atoms with Gasteiger partial charge in [0, 0.05) is 17.3 Å². The van der Waals surface area contributed by atoms with Gasteiger partial charge >= 0.3 is 0 Å². The van der Waals surface area contributed by atoms with Crippen molar-refractivity contribution in [2.24, 2.45) is 5.73 Å². The minimum atomic E-state index is 0.131. The van der Waals surface area contributed by atoms with E-state index in [4.69, 9.17) is 28.9 Å². The van der Waals surface area contributed by atoms with Gasteiger partial charge in [-0.05, 0) is 23.1 Å². The van der Waals surface area contributed by atoms with Crippen molar-refractivity contribution in [3.8, 4) is 0 Å². The molecule has 2 aromatic rings. The molecule has 4 heteroatoms. The molecule has 1 aromatic heterocycles. The minimum Gasteiger partial charge on any atom is -0.329 e. The maximum Gasteiger partial charge on any atom is 0.0631 e. The van der Waals surface area contributed by atoms with Gasteiger partial charge < -0.3 is 5.73 Å². The largest absolute Gasteiger partial charge is 0.329 e. The van der Waals surface area contributed by atoms with E-state index in [0.717, 1.165) is 5.56 Å². The maximum absolute atomic E-state index is 6.20. The predicted molar refractivity (Wildman–Crippen MR) is 71.7 cm³/mol. The van der Waals surface area contributed by atoms with Gasteiger partial charge in [0.2, 0.25) is 0 Å². The molecule has 84 valence electrons. The molecule has 0 fully saturated rings. The Kier molecular flexibility index (Phi) is 3.87. The van der Waals surface area contributed by atoms with E-state index in [1.54, 1.807) is 17.4 Å². The molecule has 1 heterocycles. The summed E-state index contributed by atoms with van der Waals surface area (Å²) in [5.74, 6) is 0.131. The third-order valence-electron chi connectivity index (χ3n) is 2.48. The Morgan fingerprint density at radius 2 is 2.00 bits per heavy atom. The molecule has 1 nitrogen and oxygen atoms in total. The van der Waals surface area contributed by atoms with Crippen LogP contribution in [0.1, 0.15) is 16.4 Å². The second-order valence-corrected chi connectivity index (χ2v) is 5.21. The van der Waals surface area contributed by atoms with Gasteiger partial charge in [0.05, 0.1) is 10.0 Å². The summed E-state index contributed by atoms with van der Waals surface area (Å²) in [7, 11) is 0. The predicted octanol–water partition coefficient (Wildman–Crippen LogP) is 4.15. The van der Waals surface area contributed by atoms with Gasteiger partial charge in [-0.3, -0.25) is 0 Å². The lowest BCUT2D eigenvalue weighted by molar-refractivity contribution is 0.836. The van der Waals surface area contributed by atoms with Gasteiger partial charge in [-0.25, -0.2) is 0 Å². The lowest BCUT2D eigenvalue weighted by Gasteiger charge is -2.15. The highest BCUT2D eigenvalue weighted by Gasteiger charge is 2.17. The summed E-state index contributed by atoms with van der Waals surface area (Å²) in [4.78, 5) is 1.21. The normalized spacial score (nSPS) is 12.7. The lowest BCUT2D eigenvalue weighted by Crippen LogP contribution is -2.13. The summed E-state index contributed by atoms with van der Waals surface area (Å²) >= 11 is 13.9. The van der Waals surface area contributed by atoms with Gasteiger partial charge in [-0.1, -0.05) is 41.4 Å². The second-order valence-electron chi connectivity index (χ2n) is 3.45. The monoisotopic (exact) mass is 271 g/mol. The van der Waals surface area contributed by atoms with Crippen LogP contribution >= 0.6 is 34.5 Å². The van der Waals surface area contributed by atoms with E-state index in [1.165, 1.54) is 4.88 Å². The van der Waals surface area contributed by atoms with Crippen molar-refractivity contribution in [1.82, 2.24) is 0 Å². The molecule has 0 amide bonds. The van der Waals surface area contributed by atoms with Crippen molar-refractivity contribution >= 4 is 34.5 Å². The number of thiophene rings is 1. The third-order valence-corrected chi connectivity index (χ3v) is 4.30. The van der Waals surface area contributed by atoms with Crippen molar-refractivity contribution in [1.29, 1.82) is 0 Å². The van der Waals surface area contributed by atoms with E-state index in [0.29, 0.717) is 16.6 Å². The molecular weight excluding hydrogens is 261 g/mol. The van der Waals surface area contributed by atoms with E-state index in [1.807, 2.05) is 23.6 Å². The zero-order chi connectivity index (χ0) is 11.5. The zero-order valence-electron chi connectivity index (χ0n) is 8.49. The number of nitrogens with two attached hydrogens (primary N) is 1. The van der Waals surface area contributed by atoms with E-state index in [-0.39, 0.29) is 5.92 Å². The van der Waals surface area contributed by atoms with Gasteiger partial charge in [0.25, 0.3) is 0 Å². The average molecular weight is 272 g/mol. The van der Waals surface area contributed by atoms with Crippen LogP contribution in [0.15, 0.2) is 35.7 Å². The van der Waals surface area contributed by atoms with E-state index < -0.39 is 0 Å². The van der Waals surface area contributed by atoms with Crippen molar-refractivity contribution in [3.63, 3.8) is 0 Å². The molecule has 1 atom stereocenters. The summed E-state index contributed by atoms with van der Waals surface area (Å²) < 4.78 is 0. The molecule has 0 saturated heterocycles. The number of halogens is 2. The molecule has 1 aromatic carbocycles. The molecule has 0 bridgehead atoms. The maximum atomic E-state index is 6.20. The summed E-state index contributed by atoms with van der Waals surface area (Å²) in [5.41, 5.74) is 6.82. The second kappa shape index (κ2) is 5.19. The first-order valence-electron chi connectivity index (χ1n) is 4.91. The highest BCUT2D eigenvalue weighted by atomic mass is 35.5. The molecule has 0 radical (unpaired) electrons. The Morgan fingerprint density at radius 3 is 2.62 bits per heavy atom. The fraction of sp³-hybridized carbons (Fsp3) is 0.167. The highest BCUT2D eigenvalue weighted by Crippen LogP contribution is 2.35. The van der Waals surface area contributed by atoms with Crippen LogP contribution in [0.2, 0.25) is 10.0 Å². The Hall–Kier alpha value is -0.540. The number of hydrogen-bond donors (Lipinski definition) is 1. The Bertz CT molecular complexity index is 468. The summed E-state index contributed by atoms with van der Waals surface area (Å²) in [5, 5.41) is 3.22. The molecule has 2 N–H and O–H groups in total. The highest BCUT2D eigenvalue weighted by molar-refractivity contribution is 7.10. The first-order chi connectivity index (χ1) is 7.74. The van der Waals surface area contributed by atoms with Crippen LogP contribution in [0.5, 0.6) is 0 Å². The standard InChI is InChI=1S/C12H11Cl2NS/c13-10-4-1-3-8(12(10)14)9(7-15)11-5-2-6-16-11/h1-6,9H,7,15H2. The fourth-order valence-electron chi connectivity index (χ4n) is 1.68. The van der Waals surface area contributed by atoms with E-state index >= 15 is 0 Å². The quantitative estimate of drug-likeness (QED) is 0.892. The fourth-order valence-corrected chi connectivity index (χ4v) is 2.97. The molecule has 0 aliphatic carbocycles. The van der Waals surface area contributed by atoms with Crippen LogP contribution < -0.4 is 5.73 Å². The lowest BCUT2D eigenvalue weighted by atomic mass is 9.97. The number of rotatable bonds is 3. The van der Waals surface area contributed by atoms with Gasteiger partial charge in [-0.15, -0.1) is 11.3 Å². The van der Waals surface area contributed by atoms with Crippen LogP contribution in [0.25, 0.3) is 0 Å². The van der Waals surface area contributed by atoms with Gasteiger partial charge in [-0.2, -0.15) is 0 Å². The minimum absolute atomic E-state index is 0.131. The van der Waals surface area contributed by atoms with Crippen LogP contribution in [0.4, 0.5) is 0 Å². The summed E-state index contributed by atoms with van der Waals surface area (Å²) in [6.07, 6.45) is 0. The first kappa shape index (κ1) is 11.9. The van der Waals surface area contributed by atoms with Crippen LogP contribution in [-0.2, 0) is 0 Å². The van der Waals surface area contributed by atoms with E-state index in [9.17, 15) is 0 Å². The Morgan fingerprint density at radius 1 is 1.19 bits per heavy atom. The average Bonchev–Trinajstić information content (AvgIpc) is 2.79. The van der Waals surface area contributed by atoms with Crippen molar-refractivity contribution in [2.45, 2.75) is 5.92 Å². The first-order valence-corrected chi connectivity index (χ1v) is 6.55. The van der Waals surface area contributed by atoms with Crippen LogP contribution in [0.3, 0.4) is 0 Å². The number of benzene rings is 1. The van der Waals surface area contributed by atoms with Crippen LogP contribution in [-0.4, -0.2) is 6.54 Å². The van der Waals surface area contributed by atoms with Gasteiger partial charge in [0.1, 0.15) is 0 Å². The molecule has 16 heavy (non-hydrogen) atoms. The summed E-state index contributed by atoms with van der Waals surface area (Å²) in [6.45, 7) is 0.528. The molecular formula is C12H11Cl2NS. The topological polar surface area (TPSA) is 26.0 Å². The molecule has 1 unspecified atom stereocenters. The third kappa shape index (κ3) is 2.25. The molecule has 0 spiro atoms. The Labute approximate surface area is 109 Å². The summed E-state index contributed by atoms with van der Waals surface area (Å²) in [6, 6.07) is 9.75. The smallest absolute Gasteiger partial charge is 0.0631 e. The van der Waals surface area contributed by atoms with Crippen molar-refractivity contribution in [2.75, 3.05) is 6.54 Å². The zero-order valence-corrected chi connectivity index (χ0v) is 10.8. The number of hydrogen-bond acceptors (Lipinski definition) is 2. The Balaban J connectivity index is 2.45. The van der Waals surface area contributed by atoms with Gasteiger partial charge in [0.15, 0.2) is 0 Å². The van der Waals surface area contributed by atoms with Crippen molar-refractivity contribution < 1.29 is 0 Å². The van der Waals surface area contributed by atoms with Crippen molar-refractivity contribution in [3.05, 3.63) is 56.2 Å². The van der Waals surface area contributed by atoms with E-state index in [2.05, 4.69) is 6.07 Å². The molecule has 0 saturated carbocycles.